The van der Waals surface area contributed by atoms with Crippen LogP contribution in [-0.2, 0) is 11.3 Å². The summed E-state index contributed by atoms with van der Waals surface area (Å²) in [4.78, 5) is 16.2. The van der Waals surface area contributed by atoms with E-state index in [9.17, 15) is 4.79 Å². The topological polar surface area (TPSA) is 54.0 Å². The fourth-order valence-corrected chi connectivity index (χ4v) is 3.21. The van der Waals surface area contributed by atoms with Gasteiger partial charge in [-0.3, -0.25) is 4.79 Å². The number of carbonyl (C=O) groups is 1. The number of aromatic nitrogens is 1. The first kappa shape index (κ1) is 14.5. The van der Waals surface area contributed by atoms with Gasteiger partial charge in [-0.25, -0.2) is 4.98 Å². The van der Waals surface area contributed by atoms with Crippen LogP contribution in [0, 0.1) is 6.92 Å². The molecule has 0 bridgehead atoms. The third-order valence-electron chi connectivity index (χ3n) is 3.45. The molecule has 106 valence electrons. The number of thiazole rings is 1. The molecule has 0 atom stereocenters. The first-order valence-electron chi connectivity index (χ1n) is 7.15. The molecule has 0 spiro atoms. The molecule has 0 aromatic carbocycles. The number of carbonyl (C=O) groups excluding carboxylic acids is 1. The van der Waals surface area contributed by atoms with E-state index < -0.39 is 0 Å². The summed E-state index contributed by atoms with van der Waals surface area (Å²) in [5.41, 5.74) is 1.05. The van der Waals surface area contributed by atoms with Gasteiger partial charge in [0.2, 0.25) is 5.91 Å². The fraction of sp³-hybridized carbons (Fsp3) is 0.714. The van der Waals surface area contributed by atoms with Crippen LogP contribution in [0.2, 0.25) is 0 Å². The van der Waals surface area contributed by atoms with Crippen molar-refractivity contribution in [1.82, 2.24) is 15.6 Å². The molecule has 4 nitrogen and oxygen atoms in total. The molecule has 0 saturated heterocycles. The van der Waals surface area contributed by atoms with Crippen molar-refractivity contribution in [2.75, 3.05) is 6.54 Å². The molecule has 1 heterocycles. The number of nitrogens with zero attached hydrogens (tertiary/aromatic N) is 1. The van der Waals surface area contributed by atoms with E-state index in [1.165, 1.54) is 25.7 Å². The summed E-state index contributed by atoms with van der Waals surface area (Å²) in [6, 6.07) is 0.388. The molecule has 1 aromatic heterocycles. The Hall–Kier alpha value is -0.940. The van der Waals surface area contributed by atoms with Gasteiger partial charge in [-0.05, 0) is 19.8 Å². The lowest BCUT2D eigenvalue weighted by Gasteiger charge is -2.16. The minimum absolute atomic E-state index is 0.111. The Kier molecular flexibility index (Phi) is 5.79. The Bertz CT molecular complexity index is 397. The lowest BCUT2D eigenvalue weighted by molar-refractivity contribution is -0.121. The van der Waals surface area contributed by atoms with Crippen LogP contribution in [0.25, 0.3) is 0 Å². The molecule has 1 aromatic rings. The van der Waals surface area contributed by atoms with Crippen molar-refractivity contribution in [2.24, 2.45) is 0 Å². The number of aryl methyl sites for hydroxylation is 1. The summed E-state index contributed by atoms with van der Waals surface area (Å²) in [5.74, 6) is 0.111. The van der Waals surface area contributed by atoms with Crippen molar-refractivity contribution in [3.05, 3.63) is 16.1 Å². The highest BCUT2D eigenvalue weighted by Gasteiger charge is 2.14. The van der Waals surface area contributed by atoms with Gasteiger partial charge in [0.15, 0.2) is 0 Å². The fourth-order valence-electron chi connectivity index (χ4n) is 2.47. The zero-order valence-corrected chi connectivity index (χ0v) is 12.4. The van der Waals surface area contributed by atoms with Gasteiger partial charge in [-0.15, -0.1) is 11.3 Å². The van der Waals surface area contributed by atoms with E-state index in [1.54, 1.807) is 11.3 Å². The van der Waals surface area contributed by atoms with Crippen molar-refractivity contribution < 1.29 is 4.79 Å². The minimum atomic E-state index is 0.111. The van der Waals surface area contributed by atoms with E-state index in [2.05, 4.69) is 15.6 Å². The molecule has 1 saturated carbocycles. The quantitative estimate of drug-likeness (QED) is 0.815. The van der Waals surface area contributed by atoms with Crippen LogP contribution in [0.3, 0.4) is 0 Å². The SMILES string of the molecule is Cc1csc(CNCC(=O)NC2CCCCCC2)n1. The van der Waals surface area contributed by atoms with E-state index >= 15 is 0 Å². The largest absolute Gasteiger partial charge is 0.352 e. The van der Waals surface area contributed by atoms with Crippen molar-refractivity contribution >= 4 is 17.2 Å². The van der Waals surface area contributed by atoms with Gasteiger partial charge in [0.25, 0.3) is 0 Å². The molecule has 1 aliphatic rings. The van der Waals surface area contributed by atoms with Crippen LogP contribution in [0.1, 0.15) is 49.2 Å². The Morgan fingerprint density at radius 3 is 2.74 bits per heavy atom. The van der Waals surface area contributed by atoms with Crippen molar-refractivity contribution in [3.8, 4) is 0 Å². The van der Waals surface area contributed by atoms with Crippen molar-refractivity contribution in [3.63, 3.8) is 0 Å². The number of nitrogens with one attached hydrogen (secondary N) is 2. The van der Waals surface area contributed by atoms with E-state index in [0.717, 1.165) is 23.5 Å². The zero-order valence-electron chi connectivity index (χ0n) is 11.6. The second kappa shape index (κ2) is 7.60. The van der Waals surface area contributed by atoms with Crippen molar-refractivity contribution in [2.45, 2.75) is 58.0 Å². The normalized spacial score (nSPS) is 17.1. The van der Waals surface area contributed by atoms with E-state index in [0.29, 0.717) is 19.1 Å². The van der Waals surface area contributed by atoms with Crippen molar-refractivity contribution in [1.29, 1.82) is 0 Å². The minimum Gasteiger partial charge on any atom is -0.352 e. The predicted molar refractivity (Wildman–Crippen MR) is 78.2 cm³/mol. The molecule has 1 fully saturated rings. The summed E-state index contributed by atoms with van der Waals surface area (Å²) in [7, 11) is 0. The lowest BCUT2D eigenvalue weighted by Crippen LogP contribution is -2.40. The van der Waals surface area contributed by atoms with Crippen LogP contribution in [0.4, 0.5) is 0 Å². The highest BCUT2D eigenvalue weighted by molar-refractivity contribution is 7.09. The summed E-state index contributed by atoms with van der Waals surface area (Å²) >= 11 is 1.63. The Balaban J connectivity index is 1.63. The number of rotatable bonds is 5. The number of hydrogen-bond acceptors (Lipinski definition) is 4. The second-order valence-corrected chi connectivity index (χ2v) is 6.18. The van der Waals surface area contributed by atoms with Gasteiger partial charge in [-0.1, -0.05) is 25.7 Å². The van der Waals surface area contributed by atoms with Gasteiger partial charge in [-0.2, -0.15) is 0 Å². The molecule has 2 rings (SSSR count). The first-order valence-corrected chi connectivity index (χ1v) is 8.03. The number of hydrogen-bond donors (Lipinski definition) is 2. The summed E-state index contributed by atoms with van der Waals surface area (Å²) < 4.78 is 0. The molecule has 1 amide bonds. The molecule has 2 N–H and O–H groups in total. The Morgan fingerprint density at radius 2 is 2.11 bits per heavy atom. The standard InChI is InChI=1S/C14H23N3OS/c1-11-10-19-14(16-11)9-15-8-13(18)17-12-6-4-2-3-5-7-12/h10,12,15H,2-9H2,1H3,(H,17,18). The Labute approximate surface area is 119 Å². The highest BCUT2D eigenvalue weighted by atomic mass is 32.1. The van der Waals surface area contributed by atoms with Crippen LogP contribution < -0.4 is 10.6 Å². The van der Waals surface area contributed by atoms with Crippen LogP contribution >= 0.6 is 11.3 Å². The maximum absolute atomic E-state index is 11.8. The molecule has 19 heavy (non-hydrogen) atoms. The van der Waals surface area contributed by atoms with Crippen LogP contribution in [0.5, 0.6) is 0 Å². The molecular formula is C14H23N3OS. The van der Waals surface area contributed by atoms with Gasteiger partial charge in [0.05, 0.1) is 6.54 Å². The van der Waals surface area contributed by atoms with E-state index in [4.69, 9.17) is 0 Å². The molecule has 0 unspecified atom stereocenters. The lowest BCUT2D eigenvalue weighted by atomic mass is 10.1. The molecule has 1 aliphatic carbocycles. The monoisotopic (exact) mass is 281 g/mol. The number of amides is 1. The predicted octanol–water partition coefficient (Wildman–Crippen LogP) is 2.38. The van der Waals surface area contributed by atoms with E-state index in [-0.39, 0.29) is 5.91 Å². The maximum atomic E-state index is 11.8. The molecule has 0 radical (unpaired) electrons. The summed E-state index contributed by atoms with van der Waals surface area (Å²) in [5, 5.41) is 9.36. The van der Waals surface area contributed by atoms with Gasteiger partial charge in [0, 0.05) is 23.7 Å². The average Bonchev–Trinajstić information content (AvgIpc) is 2.63. The van der Waals surface area contributed by atoms with Gasteiger partial charge >= 0.3 is 0 Å². The highest BCUT2D eigenvalue weighted by Crippen LogP contribution is 2.16. The first-order chi connectivity index (χ1) is 9.24. The second-order valence-electron chi connectivity index (χ2n) is 5.24. The van der Waals surface area contributed by atoms with Gasteiger partial charge in [0.1, 0.15) is 5.01 Å². The maximum Gasteiger partial charge on any atom is 0.234 e. The summed E-state index contributed by atoms with van der Waals surface area (Å²) in [6.07, 6.45) is 7.39. The molecule has 0 aliphatic heterocycles. The molecular weight excluding hydrogens is 258 g/mol. The third-order valence-corrected chi connectivity index (χ3v) is 4.42. The Morgan fingerprint density at radius 1 is 1.37 bits per heavy atom. The smallest absolute Gasteiger partial charge is 0.234 e. The zero-order chi connectivity index (χ0) is 13.5. The van der Waals surface area contributed by atoms with Gasteiger partial charge < -0.3 is 10.6 Å². The van der Waals surface area contributed by atoms with E-state index in [1.807, 2.05) is 12.3 Å². The van der Waals surface area contributed by atoms with Crippen LogP contribution in [0.15, 0.2) is 5.38 Å². The molecule has 5 heteroatoms. The third kappa shape index (κ3) is 5.28. The summed E-state index contributed by atoms with van der Waals surface area (Å²) in [6.45, 7) is 3.05. The average molecular weight is 281 g/mol. The van der Waals surface area contributed by atoms with Crippen LogP contribution in [-0.4, -0.2) is 23.5 Å².